The Morgan fingerprint density at radius 3 is 2.55 bits per heavy atom. The highest BCUT2D eigenvalue weighted by Crippen LogP contribution is 2.26. The van der Waals surface area contributed by atoms with Gasteiger partial charge in [0.2, 0.25) is 0 Å². The van der Waals surface area contributed by atoms with Gasteiger partial charge in [0.05, 0.1) is 11.1 Å². The van der Waals surface area contributed by atoms with E-state index in [1.807, 2.05) is 24.3 Å². The van der Waals surface area contributed by atoms with E-state index in [4.69, 9.17) is 0 Å². The summed E-state index contributed by atoms with van der Waals surface area (Å²) in [5.41, 5.74) is 1.22. The Bertz CT molecular complexity index is 801. The van der Waals surface area contributed by atoms with Crippen molar-refractivity contribution in [3.8, 4) is 11.4 Å². The third-order valence-corrected chi connectivity index (χ3v) is 3.71. The summed E-state index contributed by atoms with van der Waals surface area (Å²) >= 11 is 0. The van der Waals surface area contributed by atoms with Gasteiger partial charge in [-0.1, -0.05) is 31.2 Å². The summed E-state index contributed by atoms with van der Waals surface area (Å²) in [4.78, 5) is 9.07. The first-order valence-electron chi connectivity index (χ1n) is 7.47. The van der Waals surface area contributed by atoms with Gasteiger partial charge < -0.3 is 5.32 Å². The first-order valence-corrected chi connectivity index (χ1v) is 7.47. The Labute approximate surface area is 129 Å². The molecule has 0 aliphatic rings. The second-order valence-corrected chi connectivity index (χ2v) is 5.35. The van der Waals surface area contributed by atoms with E-state index in [2.05, 4.69) is 29.1 Å². The van der Waals surface area contributed by atoms with Gasteiger partial charge in [-0.3, -0.25) is 0 Å². The van der Waals surface area contributed by atoms with Gasteiger partial charge in [-0.15, -0.1) is 0 Å². The molecular weight excluding hydrogens is 277 g/mol. The first kappa shape index (κ1) is 14.4. The smallest absolute Gasteiger partial charge is 0.165 e. The highest BCUT2D eigenvalue weighted by molar-refractivity contribution is 5.90. The minimum atomic E-state index is -0.313. The molecule has 0 fully saturated rings. The molecule has 0 radical (unpaired) electrons. The van der Waals surface area contributed by atoms with Crippen molar-refractivity contribution >= 4 is 16.7 Å². The molecule has 112 valence electrons. The van der Waals surface area contributed by atoms with Crippen LogP contribution in [0.5, 0.6) is 0 Å². The predicted octanol–water partition coefficient (Wildman–Crippen LogP) is 4.65. The van der Waals surface area contributed by atoms with Gasteiger partial charge in [-0.25, -0.2) is 14.4 Å². The van der Waals surface area contributed by atoms with E-state index in [1.54, 1.807) is 18.2 Å². The Morgan fingerprint density at radius 1 is 1.05 bits per heavy atom. The minimum Gasteiger partial charge on any atom is -0.367 e. The normalized spacial score (nSPS) is 12.3. The summed E-state index contributed by atoms with van der Waals surface area (Å²) < 4.78 is 14.0. The molecule has 3 aromatic rings. The Balaban J connectivity index is 2.18. The molecule has 3 nitrogen and oxygen atoms in total. The molecule has 0 aliphatic heterocycles. The molecule has 1 heterocycles. The van der Waals surface area contributed by atoms with Gasteiger partial charge in [-0.05, 0) is 37.6 Å². The standard InChI is InChI=1S/C18H18FN3/c1-3-12(2)20-18-14-9-5-7-11-16(14)21-17(22-18)13-8-4-6-10-15(13)19/h4-12H,3H2,1-2H3,(H,20,21,22)/t12-/m1/s1. The molecule has 0 amide bonds. The van der Waals surface area contributed by atoms with E-state index in [0.29, 0.717) is 11.4 Å². The number of hydrogen-bond acceptors (Lipinski definition) is 3. The molecule has 0 bridgehead atoms. The van der Waals surface area contributed by atoms with Crippen LogP contribution in [0.25, 0.3) is 22.3 Å². The van der Waals surface area contributed by atoms with Crippen molar-refractivity contribution in [2.24, 2.45) is 0 Å². The van der Waals surface area contributed by atoms with Crippen LogP contribution < -0.4 is 5.32 Å². The minimum absolute atomic E-state index is 0.284. The highest BCUT2D eigenvalue weighted by Gasteiger charge is 2.13. The number of nitrogens with one attached hydrogen (secondary N) is 1. The summed E-state index contributed by atoms with van der Waals surface area (Å²) in [5.74, 6) is 0.841. The number of hydrogen-bond donors (Lipinski definition) is 1. The molecular formula is C18H18FN3. The Kier molecular flexibility index (Phi) is 4.00. The lowest BCUT2D eigenvalue weighted by Crippen LogP contribution is -2.15. The van der Waals surface area contributed by atoms with E-state index in [0.717, 1.165) is 23.1 Å². The molecule has 1 atom stereocenters. The number of fused-ring (bicyclic) bond motifs is 1. The van der Waals surface area contributed by atoms with Crippen molar-refractivity contribution in [2.45, 2.75) is 26.3 Å². The number of para-hydroxylation sites is 1. The highest BCUT2D eigenvalue weighted by atomic mass is 19.1. The van der Waals surface area contributed by atoms with E-state index >= 15 is 0 Å². The maximum Gasteiger partial charge on any atom is 0.165 e. The zero-order valence-electron chi connectivity index (χ0n) is 12.7. The van der Waals surface area contributed by atoms with Gasteiger partial charge >= 0.3 is 0 Å². The van der Waals surface area contributed by atoms with Crippen molar-refractivity contribution in [2.75, 3.05) is 5.32 Å². The molecule has 2 aromatic carbocycles. The third kappa shape index (κ3) is 2.77. The molecule has 0 aliphatic carbocycles. The lowest BCUT2D eigenvalue weighted by Gasteiger charge is -2.15. The number of nitrogens with zero attached hydrogens (tertiary/aromatic N) is 2. The van der Waals surface area contributed by atoms with Crippen molar-refractivity contribution in [1.29, 1.82) is 0 Å². The first-order chi connectivity index (χ1) is 10.7. The number of rotatable bonds is 4. The third-order valence-electron chi connectivity index (χ3n) is 3.71. The molecule has 1 aromatic heterocycles. The number of anilines is 1. The average molecular weight is 295 g/mol. The van der Waals surface area contributed by atoms with E-state index in [9.17, 15) is 4.39 Å². The number of halogens is 1. The Morgan fingerprint density at radius 2 is 1.77 bits per heavy atom. The van der Waals surface area contributed by atoms with Crippen LogP contribution in [0.4, 0.5) is 10.2 Å². The van der Waals surface area contributed by atoms with Gasteiger partial charge in [0.15, 0.2) is 5.82 Å². The van der Waals surface area contributed by atoms with E-state index < -0.39 is 0 Å². The average Bonchev–Trinajstić information content (AvgIpc) is 2.55. The zero-order valence-corrected chi connectivity index (χ0v) is 12.7. The molecule has 4 heteroatoms. The monoisotopic (exact) mass is 295 g/mol. The van der Waals surface area contributed by atoms with Crippen LogP contribution in [0.15, 0.2) is 48.5 Å². The molecule has 0 saturated heterocycles. The second-order valence-electron chi connectivity index (χ2n) is 5.35. The summed E-state index contributed by atoms with van der Waals surface area (Å²) in [6, 6.07) is 14.6. The largest absolute Gasteiger partial charge is 0.367 e. The maximum atomic E-state index is 14.0. The second kappa shape index (κ2) is 6.10. The van der Waals surface area contributed by atoms with E-state index in [1.165, 1.54) is 6.07 Å². The lowest BCUT2D eigenvalue weighted by atomic mass is 10.1. The van der Waals surface area contributed by atoms with Crippen LogP contribution in [0.1, 0.15) is 20.3 Å². The van der Waals surface area contributed by atoms with Crippen molar-refractivity contribution in [3.63, 3.8) is 0 Å². The predicted molar refractivity (Wildman–Crippen MR) is 88.3 cm³/mol. The van der Waals surface area contributed by atoms with Crippen LogP contribution >= 0.6 is 0 Å². The van der Waals surface area contributed by atoms with Gasteiger partial charge in [0.25, 0.3) is 0 Å². The van der Waals surface area contributed by atoms with E-state index in [-0.39, 0.29) is 11.9 Å². The zero-order chi connectivity index (χ0) is 15.5. The van der Waals surface area contributed by atoms with Crippen LogP contribution in [0.3, 0.4) is 0 Å². The number of benzene rings is 2. The summed E-state index contributed by atoms with van der Waals surface area (Å²) in [6.07, 6.45) is 0.980. The Hall–Kier alpha value is -2.49. The molecule has 3 rings (SSSR count). The van der Waals surface area contributed by atoms with Crippen molar-refractivity contribution in [3.05, 3.63) is 54.3 Å². The SMILES string of the molecule is CC[C@@H](C)Nc1nc(-c2ccccc2F)nc2ccccc12. The van der Waals surface area contributed by atoms with Crippen molar-refractivity contribution < 1.29 is 4.39 Å². The van der Waals surface area contributed by atoms with Crippen LogP contribution in [0.2, 0.25) is 0 Å². The molecule has 0 unspecified atom stereocenters. The lowest BCUT2D eigenvalue weighted by molar-refractivity contribution is 0.630. The van der Waals surface area contributed by atoms with Crippen LogP contribution in [0, 0.1) is 5.82 Å². The van der Waals surface area contributed by atoms with Gasteiger partial charge in [0.1, 0.15) is 11.6 Å². The molecule has 1 N–H and O–H groups in total. The quantitative estimate of drug-likeness (QED) is 0.761. The van der Waals surface area contributed by atoms with Gasteiger partial charge in [-0.2, -0.15) is 0 Å². The fourth-order valence-corrected chi connectivity index (χ4v) is 2.29. The topological polar surface area (TPSA) is 37.8 Å². The van der Waals surface area contributed by atoms with Crippen molar-refractivity contribution in [1.82, 2.24) is 9.97 Å². The maximum absolute atomic E-state index is 14.0. The fraction of sp³-hybridized carbons (Fsp3) is 0.222. The fourth-order valence-electron chi connectivity index (χ4n) is 2.29. The van der Waals surface area contributed by atoms with Gasteiger partial charge in [0, 0.05) is 11.4 Å². The summed E-state index contributed by atoms with van der Waals surface area (Å²) in [7, 11) is 0. The van der Waals surface area contributed by atoms with Crippen LogP contribution in [-0.2, 0) is 0 Å². The molecule has 0 saturated carbocycles. The molecule has 0 spiro atoms. The van der Waals surface area contributed by atoms with Crippen LogP contribution in [-0.4, -0.2) is 16.0 Å². The number of aromatic nitrogens is 2. The summed E-state index contributed by atoms with van der Waals surface area (Å²) in [6.45, 7) is 4.21. The summed E-state index contributed by atoms with van der Waals surface area (Å²) in [5, 5.41) is 4.34. The molecule has 22 heavy (non-hydrogen) atoms.